The molecule has 3 aromatic rings. The first-order chi connectivity index (χ1) is 14.1. The Kier molecular flexibility index (Phi) is 5.31. The number of pyridine rings is 1. The highest BCUT2D eigenvalue weighted by molar-refractivity contribution is 7.80. The third-order valence-electron chi connectivity index (χ3n) is 5.05. The monoisotopic (exact) mass is 407 g/mol. The molecule has 1 fully saturated rings. The van der Waals surface area contributed by atoms with Crippen LogP contribution in [0.1, 0.15) is 40.8 Å². The zero-order valence-electron chi connectivity index (χ0n) is 16.2. The minimum atomic E-state index is -0.399. The van der Waals surface area contributed by atoms with E-state index in [0.717, 1.165) is 18.0 Å². The lowest BCUT2D eigenvalue weighted by Gasteiger charge is -2.24. The van der Waals surface area contributed by atoms with E-state index in [2.05, 4.69) is 22.1 Å². The molecule has 1 aromatic carbocycles. The molecule has 0 bridgehead atoms. The van der Waals surface area contributed by atoms with Crippen molar-refractivity contribution in [2.24, 2.45) is 0 Å². The van der Waals surface area contributed by atoms with Crippen LogP contribution in [-0.4, -0.2) is 34.6 Å². The van der Waals surface area contributed by atoms with E-state index in [1.165, 1.54) is 7.11 Å². The third kappa shape index (κ3) is 3.49. The topological polar surface area (TPSA) is 67.6 Å². The smallest absolute Gasteiger partial charge is 0.338 e. The number of likely N-dealkylation sites (N-methyl/N-ethyl adjacent to an activating group) is 1. The number of rotatable bonds is 5. The van der Waals surface area contributed by atoms with Crippen LogP contribution in [0.15, 0.2) is 65.2 Å². The summed E-state index contributed by atoms with van der Waals surface area (Å²) in [5.41, 5.74) is 2.05. The number of carbonyl (C=O) groups excluding carboxylic acids is 1. The lowest BCUT2D eigenvalue weighted by atomic mass is 10.0. The van der Waals surface area contributed by atoms with Crippen molar-refractivity contribution >= 4 is 23.3 Å². The number of aromatic nitrogens is 1. The van der Waals surface area contributed by atoms with E-state index in [0.29, 0.717) is 22.0 Å². The summed E-state index contributed by atoms with van der Waals surface area (Å²) in [4.78, 5) is 18.7. The Morgan fingerprint density at radius 2 is 2.00 bits per heavy atom. The number of hydrogen-bond acceptors (Lipinski definition) is 5. The molecule has 3 heterocycles. The second-order valence-corrected chi connectivity index (χ2v) is 7.04. The maximum atomic E-state index is 12.1. The summed E-state index contributed by atoms with van der Waals surface area (Å²) in [5, 5.41) is 4.04. The quantitative estimate of drug-likeness (QED) is 0.504. The van der Waals surface area contributed by atoms with E-state index in [-0.39, 0.29) is 12.1 Å². The van der Waals surface area contributed by atoms with E-state index in [1.807, 2.05) is 42.5 Å². The Balaban J connectivity index is 1.74. The molecule has 29 heavy (non-hydrogen) atoms. The number of ether oxygens (including phenoxy) is 1. The van der Waals surface area contributed by atoms with Gasteiger partial charge < -0.3 is 19.4 Å². The van der Waals surface area contributed by atoms with Gasteiger partial charge in [0.1, 0.15) is 17.6 Å². The fraction of sp³-hybridized carbons (Fsp3) is 0.227. The Morgan fingerprint density at radius 3 is 2.72 bits per heavy atom. The Bertz CT molecular complexity index is 1030. The van der Waals surface area contributed by atoms with Crippen molar-refractivity contribution in [1.82, 2.24) is 15.2 Å². The van der Waals surface area contributed by atoms with Gasteiger partial charge in [0.15, 0.2) is 5.11 Å². The standard InChI is InChI=1S/C22H21N3O3S/c1-3-25-20(19(24-22(25)29)16-10-6-7-13-23-16)18-12-11-17(28-18)14-8-4-5-9-15(14)21(26)27-2/h4-13,19-20H,3H2,1-2H3,(H,24,29)/t19-,20+/m1/s1. The SMILES string of the molecule is CCN1C(=S)N[C@H](c2ccccn2)[C@@H]1c1ccc(-c2ccccc2C(=O)OC)o1. The number of thiocarbonyl (C=S) groups is 1. The predicted octanol–water partition coefficient (Wildman–Crippen LogP) is 4.12. The fourth-order valence-electron chi connectivity index (χ4n) is 3.70. The number of nitrogens with zero attached hydrogens (tertiary/aromatic N) is 2. The number of esters is 1. The van der Waals surface area contributed by atoms with Gasteiger partial charge in [-0.3, -0.25) is 4.98 Å². The van der Waals surface area contributed by atoms with E-state index in [4.69, 9.17) is 21.4 Å². The molecule has 7 heteroatoms. The molecule has 1 aliphatic heterocycles. The molecule has 1 saturated heterocycles. The number of benzene rings is 1. The third-order valence-corrected chi connectivity index (χ3v) is 5.41. The number of methoxy groups -OCH3 is 1. The van der Waals surface area contributed by atoms with Gasteiger partial charge in [0.05, 0.1) is 24.4 Å². The Hall–Kier alpha value is -3.19. The lowest BCUT2D eigenvalue weighted by Crippen LogP contribution is -2.29. The fourth-order valence-corrected chi connectivity index (χ4v) is 4.07. The molecule has 1 N–H and O–H groups in total. The Morgan fingerprint density at radius 1 is 1.21 bits per heavy atom. The molecular formula is C22H21N3O3S. The van der Waals surface area contributed by atoms with Crippen LogP contribution >= 0.6 is 12.2 Å². The van der Waals surface area contributed by atoms with Crippen molar-refractivity contribution in [1.29, 1.82) is 0 Å². The first kappa shape index (κ1) is 19.1. The van der Waals surface area contributed by atoms with Gasteiger partial charge in [0.25, 0.3) is 0 Å². The van der Waals surface area contributed by atoms with Gasteiger partial charge in [-0.15, -0.1) is 0 Å². The van der Waals surface area contributed by atoms with Gasteiger partial charge in [-0.05, 0) is 49.5 Å². The van der Waals surface area contributed by atoms with Gasteiger partial charge in [-0.25, -0.2) is 4.79 Å². The molecular weight excluding hydrogens is 386 g/mol. The van der Waals surface area contributed by atoms with Crippen LogP contribution in [0, 0.1) is 0 Å². The highest BCUT2D eigenvalue weighted by Crippen LogP contribution is 2.40. The molecule has 148 valence electrons. The molecule has 0 unspecified atom stereocenters. The molecule has 0 aliphatic carbocycles. The van der Waals surface area contributed by atoms with Crippen LogP contribution in [0.5, 0.6) is 0 Å². The van der Waals surface area contributed by atoms with Crippen molar-refractivity contribution in [3.63, 3.8) is 0 Å². The van der Waals surface area contributed by atoms with Crippen LogP contribution in [-0.2, 0) is 4.74 Å². The van der Waals surface area contributed by atoms with Gasteiger partial charge in [-0.1, -0.05) is 24.3 Å². The number of furan rings is 1. The summed E-state index contributed by atoms with van der Waals surface area (Å²) in [6.07, 6.45) is 1.77. The first-order valence-electron chi connectivity index (χ1n) is 9.39. The molecule has 4 rings (SSSR count). The van der Waals surface area contributed by atoms with Crippen LogP contribution in [0.3, 0.4) is 0 Å². The molecule has 2 atom stereocenters. The zero-order valence-corrected chi connectivity index (χ0v) is 17.0. The molecule has 0 spiro atoms. The van der Waals surface area contributed by atoms with Crippen LogP contribution in [0.4, 0.5) is 0 Å². The second kappa shape index (κ2) is 8.05. The van der Waals surface area contributed by atoms with Crippen molar-refractivity contribution in [3.05, 3.63) is 77.8 Å². The number of hydrogen-bond donors (Lipinski definition) is 1. The average Bonchev–Trinajstić information content (AvgIpc) is 3.38. The van der Waals surface area contributed by atoms with Crippen molar-refractivity contribution < 1.29 is 13.9 Å². The lowest BCUT2D eigenvalue weighted by molar-refractivity contribution is 0.0601. The van der Waals surface area contributed by atoms with Crippen LogP contribution in [0.25, 0.3) is 11.3 Å². The summed E-state index contributed by atoms with van der Waals surface area (Å²) >= 11 is 5.55. The largest absolute Gasteiger partial charge is 0.465 e. The Labute approximate surface area is 174 Å². The van der Waals surface area contributed by atoms with Gasteiger partial charge in [-0.2, -0.15) is 0 Å². The van der Waals surface area contributed by atoms with E-state index < -0.39 is 5.97 Å². The summed E-state index contributed by atoms with van der Waals surface area (Å²) in [6, 6.07) is 16.6. The van der Waals surface area contributed by atoms with Crippen molar-refractivity contribution in [3.8, 4) is 11.3 Å². The van der Waals surface area contributed by atoms with Crippen molar-refractivity contribution in [2.75, 3.05) is 13.7 Å². The maximum Gasteiger partial charge on any atom is 0.338 e. The maximum absolute atomic E-state index is 12.1. The highest BCUT2D eigenvalue weighted by atomic mass is 32.1. The zero-order chi connectivity index (χ0) is 20.4. The van der Waals surface area contributed by atoms with E-state index >= 15 is 0 Å². The highest BCUT2D eigenvalue weighted by Gasteiger charge is 2.41. The summed E-state index contributed by atoms with van der Waals surface area (Å²) < 4.78 is 11.1. The minimum absolute atomic E-state index is 0.126. The normalized spacial score (nSPS) is 18.6. The first-order valence-corrected chi connectivity index (χ1v) is 9.80. The van der Waals surface area contributed by atoms with Crippen LogP contribution in [0.2, 0.25) is 0 Å². The van der Waals surface area contributed by atoms with Crippen molar-refractivity contribution in [2.45, 2.75) is 19.0 Å². The van der Waals surface area contributed by atoms with Crippen LogP contribution < -0.4 is 5.32 Å². The molecule has 2 aromatic heterocycles. The molecule has 6 nitrogen and oxygen atoms in total. The summed E-state index contributed by atoms with van der Waals surface area (Å²) in [6.45, 7) is 2.78. The van der Waals surface area contributed by atoms with E-state index in [9.17, 15) is 4.79 Å². The van der Waals surface area contributed by atoms with Gasteiger partial charge in [0, 0.05) is 18.3 Å². The average molecular weight is 407 g/mol. The molecule has 0 radical (unpaired) electrons. The van der Waals surface area contributed by atoms with Gasteiger partial charge >= 0.3 is 5.97 Å². The second-order valence-electron chi connectivity index (χ2n) is 6.65. The number of carbonyl (C=O) groups is 1. The molecule has 1 aliphatic rings. The summed E-state index contributed by atoms with van der Waals surface area (Å²) in [7, 11) is 1.37. The molecule has 0 saturated carbocycles. The predicted molar refractivity (Wildman–Crippen MR) is 113 cm³/mol. The van der Waals surface area contributed by atoms with Gasteiger partial charge in [0.2, 0.25) is 0 Å². The van der Waals surface area contributed by atoms with E-state index in [1.54, 1.807) is 18.3 Å². The number of nitrogens with one attached hydrogen (secondary N) is 1. The molecule has 0 amide bonds. The summed E-state index contributed by atoms with van der Waals surface area (Å²) in [5.74, 6) is 0.961. The minimum Gasteiger partial charge on any atom is -0.465 e.